The van der Waals surface area contributed by atoms with Crippen LogP contribution in [-0.4, -0.2) is 0 Å². The second-order valence-corrected chi connectivity index (χ2v) is 12.4. The fourth-order valence-electron chi connectivity index (χ4n) is 7.86. The van der Waals surface area contributed by atoms with E-state index in [1.54, 1.807) is 0 Å². The van der Waals surface area contributed by atoms with Crippen LogP contribution in [0.1, 0.15) is 0 Å². The normalized spacial score (nSPS) is 11.8. The molecule has 0 unspecified atom stereocenters. The fraction of sp³-hybridized carbons (Fsp3) is 0. The highest BCUT2D eigenvalue weighted by atomic mass is 16.3. The van der Waals surface area contributed by atoms with Crippen LogP contribution in [0.15, 0.2) is 174 Å². The average Bonchev–Trinajstić information content (AvgIpc) is 3.53. The van der Waals surface area contributed by atoms with E-state index in [0.717, 1.165) is 27.5 Å². The zero-order chi connectivity index (χ0) is 30.9. The molecule has 0 aliphatic rings. The van der Waals surface area contributed by atoms with Crippen molar-refractivity contribution >= 4 is 65.0 Å². The second kappa shape index (κ2) is 10.2. The van der Waals surface area contributed by atoms with Gasteiger partial charge >= 0.3 is 0 Å². The first kappa shape index (κ1) is 26.1. The molecule has 0 fully saturated rings. The third kappa shape index (κ3) is 3.84. The van der Waals surface area contributed by atoms with Gasteiger partial charge in [0.2, 0.25) is 0 Å². The molecular formula is C46H28O. The monoisotopic (exact) mass is 596 g/mol. The van der Waals surface area contributed by atoms with Crippen LogP contribution in [0.5, 0.6) is 0 Å². The summed E-state index contributed by atoms with van der Waals surface area (Å²) in [6, 6.07) is 61.5. The average molecular weight is 597 g/mol. The molecule has 0 N–H and O–H groups in total. The molecule has 0 atom stereocenters. The van der Waals surface area contributed by atoms with Crippen LogP contribution in [0.3, 0.4) is 0 Å². The molecule has 0 spiro atoms. The molecule has 1 heterocycles. The van der Waals surface area contributed by atoms with Gasteiger partial charge in [0.1, 0.15) is 11.2 Å². The lowest BCUT2D eigenvalue weighted by Crippen LogP contribution is -1.93. The highest BCUT2D eigenvalue weighted by Crippen LogP contribution is 2.49. The summed E-state index contributed by atoms with van der Waals surface area (Å²) < 4.78 is 6.61. The molecule has 0 amide bonds. The van der Waals surface area contributed by atoms with Crippen molar-refractivity contribution in [2.75, 3.05) is 0 Å². The summed E-state index contributed by atoms with van der Waals surface area (Å²) in [5.41, 5.74) is 9.15. The first-order valence-electron chi connectivity index (χ1n) is 16.2. The zero-order valence-electron chi connectivity index (χ0n) is 25.6. The van der Waals surface area contributed by atoms with Gasteiger partial charge in [0.05, 0.1) is 0 Å². The minimum Gasteiger partial charge on any atom is -0.455 e. The molecule has 218 valence electrons. The molecular weight excluding hydrogens is 569 g/mol. The van der Waals surface area contributed by atoms with E-state index in [2.05, 4.69) is 164 Å². The third-order valence-corrected chi connectivity index (χ3v) is 9.86. The number of furan rings is 1. The van der Waals surface area contributed by atoms with Crippen LogP contribution in [0.4, 0.5) is 0 Å². The summed E-state index contributed by atoms with van der Waals surface area (Å²) in [4.78, 5) is 0. The predicted octanol–water partition coefficient (Wildman–Crippen LogP) is 13.2. The number of hydrogen-bond acceptors (Lipinski definition) is 1. The molecule has 0 bridgehead atoms. The second-order valence-electron chi connectivity index (χ2n) is 12.4. The SMILES string of the molecule is c1ccc(-c2cccc3c2cc(-c2c4ccccc4c(-c4cccc5c4oc4ccccc45)c4ccccc24)c2ccccc23)cc1. The largest absolute Gasteiger partial charge is 0.455 e. The van der Waals surface area contributed by atoms with E-state index in [0.29, 0.717) is 0 Å². The van der Waals surface area contributed by atoms with E-state index < -0.39 is 0 Å². The van der Waals surface area contributed by atoms with Crippen molar-refractivity contribution < 1.29 is 4.42 Å². The molecule has 1 heteroatoms. The van der Waals surface area contributed by atoms with Crippen LogP contribution in [0.25, 0.3) is 98.4 Å². The summed E-state index contributed by atoms with van der Waals surface area (Å²) in [5, 5.41) is 12.2. The lowest BCUT2D eigenvalue weighted by molar-refractivity contribution is 0.670. The Morgan fingerprint density at radius 2 is 0.745 bits per heavy atom. The van der Waals surface area contributed by atoms with E-state index in [-0.39, 0.29) is 0 Å². The van der Waals surface area contributed by atoms with Crippen LogP contribution in [0, 0.1) is 0 Å². The van der Waals surface area contributed by atoms with E-state index >= 15 is 0 Å². The molecule has 0 aliphatic carbocycles. The Kier molecular flexibility index (Phi) is 5.64. The van der Waals surface area contributed by atoms with Crippen LogP contribution in [0.2, 0.25) is 0 Å². The summed E-state index contributed by atoms with van der Waals surface area (Å²) in [5.74, 6) is 0. The van der Waals surface area contributed by atoms with Gasteiger partial charge in [-0.25, -0.2) is 0 Å². The molecule has 10 rings (SSSR count). The number of para-hydroxylation sites is 2. The molecule has 10 aromatic rings. The summed E-state index contributed by atoms with van der Waals surface area (Å²) >= 11 is 0. The third-order valence-electron chi connectivity index (χ3n) is 9.86. The van der Waals surface area contributed by atoms with Crippen LogP contribution >= 0.6 is 0 Å². The van der Waals surface area contributed by atoms with E-state index in [4.69, 9.17) is 4.42 Å². The van der Waals surface area contributed by atoms with Crippen molar-refractivity contribution in [2.24, 2.45) is 0 Å². The number of benzene rings is 9. The quantitative estimate of drug-likeness (QED) is 0.146. The number of hydrogen-bond donors (Lipinski definition) is 0. The van der Waals surface area contributed by atoms with Crippen molar-refractivity contribution in [3.63, 3.8) is 0 Å². The molecule has 0 saturated carbocycles. The zero-order valence-corrected chi connectivity index (χ0v) is 25.6. The predicted molar refractivity (Wildman–Crippen MR) is 200 cm³/mol. The Balaban J connectivity index is 1.37. The van der Waals surface area contributed by atoms with Crippen molar-refractivity contribution in [1.29, 1.82) is 0 Å². The Bertz CT molecular complexity index is 2780. The maximum absolute atomic E-state index is 6.61. The minimum atomic E-state index is 0.914. The first-order chi connectivity index (χ1) is 23.3. The number of fused-ring (bicyclic) bond motifs is 8. The highest BCUT2D eigenvalue weighted by Gasteiger charge is 2.22. The smallest absolute Gasteiger partial charge is 0.143 e. The summed E-state index contributed by atoms with van der Waals surface area (Å²) in [6.45, 7) is 0. The van der Waals surface area contributed by atoms with Crippen LogP contribution < -0.4 is 0 Å². The highest BCUT2D eigenvalue weighted by molar-refractivity contribution is 6.28. The minimum absolute atomic E-state index is 0.914. The lowest BCUT2D eigenvalue weighted by Gasteiger charge is -2.20. The van der Waals surface area contributed by atoms with Crippen molar-refractivity contribution in [3.8, 4) is 33.4 Å². The Morgan fingerprint density at radius 1 is 0.277 bits per heavy atom. The van der Waals surface area contributed by atoms with Gasteiger partial charge < -0.3 is 4.42 Å². The Hall–Kier alpha value is -6.18. The molecule has 1 nitrogen and oxygen atoms in total. The van der Waals surface area contributed by atoms with Gasteiger partial charge in [-0.3, -0.25) is 0 Å². The van der Waals surface area contributed by atoms with Crippen molar-refractivity contribution in [3.05, 3.63) is 170 Å². The van der Waals surface area contributed by atoms with Gasteiger partial charge in [-0.2, -0.15) is 0 Å². The van der Waals surface area contributed by atoms with Gasteiger partial charge in [0.15, 0.2) is 0 Å². The van der Waals surface area contributed by atoms with Crippen molar-refractivity contribution in [1.82, 2.24) is 0 Å². The number of rotatable bonds is 3. The lowest BCUT2D eigenvalue weighted by atomic mass is 9.83. The van der Waals surface area contributed by atoms with Crippen LogP contribution in [-0.2, 0) is 0 Å². The molecule has 1 aromatic heterocycles. The van der Waals surface area contributed by atoms with Crippen molar-refractivity contribution in [2.45, 2.75) is 0 Å². The maximum atomic E-state index is 6.61. The standard InChI is InChI=1S/C46H28O/c1-2-14-29(15-3-1)30-23-12-24-32-31-16-4-5-17-33(31)42(28-41(30)32)45-37-21-8-6-19-35(37)44(36-20-7-9-22-38(36)45)40-26-13-25-39-34-18-10-11-27-43(34)47-46(39)40/h1-28H. The van der Waals surface area contributed by atoms with Gasteiger partial charge in [0.25, 0.3) is 0 Å². The first-order valence-corrected chi connectivity index (χ1v) is 16.2. The summed E-state index contributed by atoms with van der Waals surface area (Å²) in [6.07, 6.45) is 0. The Labute approximate surface area is 271 Å². The van der Waals surface area contributed by atoms with Gasteiger partial charge in [0, 0.05) is 21.9 Å². The maximum Gasteiger partial charge on any atom is 0.143 e. The fourth-order valence-corrected chi connectivity index (χ4v) is 7.86. The molecule has 0 radical (unpaired) electrons. The van der Waals surface area contributed by atoms with Gasteiger partial charge in [-0.05, 0) is 77.5 Å². The van der Waals surface area contributed by atoms with E-state index in [9.17, 15) is 0 Å². The van der Waals surface area contributed by atoms with E-state index in [1.165, 1.54) is 70.9 Å². The molecule has 0 aliphatic heterocycles. The molecule has 47 heavy (non-hydrogen) atoms. The molecule has 9 aromatic carbocycles. The molecule has 0 saturated heterocycles. The van der Waals surface area contributed by atoms with Gasteiger partial charge in [-0.15, -0.1) is 0 Å². The van der Waals surface area contributed by atoms with Gasteiger partial charge in [-0.1, -0.05) is 158 Å². The summed E-state index contributed by atoms with van der Waals surface area (Å²) in [7, 11) is 0. The Morgan fingerprint density at radius 3 is 1.43 bits per heavy atom. The topological polar surface area (TPSA) is 13.1 Å². The van der Waals surface area contributed by atoms with E-state index in [1.807, 2.05) is 6.07 Å².